The van der Waals surface area contributed by atoms with Crippen molar-refractivity contribution >= 4 is 10.8 Å². The van der Waals surface area contributed by atoms with Crippen molar-refractivity contribution in [3.05, 3.63) is 82.7 Å². The molecule has 0 heterocycles. The van der Waals surface area contributed by atoms with Crippen LogP contribution in [0.4, 0.5) is 13.2 Å². The van der Waals surface area contributed by atoms with Gasteiger partial charge in [-0.15, -0.1) is 0 Å². The van der Waals surface area contributed by atoms with Gasteiger partial charge in [0.1, 0.15) is 5.82 Å². The number of halogens is 3. The molecule has 1 saturated carbocycles. The average molecular weight is 421 g/mol. The molecule has 0 N–H and O–H groups in total. The second kappa shape index (κ2) is 9.60. The van der Waals surface area contributed by atoms with Crippen LogP contribution in [-0.2, 0) is 6.42 Å². The maximum absolute atomic E-state index is 14.6. The van der Waals surface area contributed by atoms with Crippen molar-refractivity contribution in [2.75, 3.05) is 0 Å². The summed E-state index contributed by atoms with van der Waals surface area (Å²) in [5.74, 6) is 5.32. The van der Waals surface area contributed by atoms with Gasteiger partial charge >= 0.3 is 0 Å². The number of rotatable bonds is 4. The first-order valence-corrected chi connectivity index (χ1v) is 11.2. The van der Waals surface area contributed by atoms with E-state index in [1.54, 1.807) is 18.2 Å². The zero-order valence-electron chi connectivity index (χ0n) is 17.9. The van der Waals surface area contributed by atoms with Crippen molar-refractivity contribution in [3.8, 4) is 11.8 Å². The summed E-state index contributed by atoms with van der Waals surface area (Å²) >= 11 is 0. The van der Waals surface area contributed by atoms with Crippen LogP contribution in [0.25, 0.3) is 10.8 Å². The smallest absolute Gasteiger partial charge is 0.159 e. The van der Waals surface area contributed by atoms with Crippen LogP contribution in [0.3, 0.4) is 0 Å². The zero-order chi connectivity index (χ0) is 21.8. The second-order valence-corrected chi connectivity index (χ2v) is 8.61. The molecule has 160 valence electrons. The number of hydrogen-bond donors (Lipinski definition) is 0. The van der Waals surface area contributed by atoms with Gasteiger partial charge in [0, 0.05) is 11.5 Å². The lowest BCUT2D eigenvalue weighted by molar-refractivity contribution is 0.376. The Kier molecular flexibility index (Phi) is 6.66. The summed E-state index contributed by atoms with van der Waals surface area (Å²) in [7, 11) is 0. The first-order chi connectivity index (χ1) is 15.0. The van der Waals surface area contributed by atoms with Crippen molar-refractivity contribution in [3.63, 3.8) is 0 Å². The fourth-order valence-electron chi connectivity index (χ4n) is 4.49. The van der Waals surface area contributed by atoms with Crippen LogP contribution in [0.5, 0.6) is 0 Å². The fourth-order valence-corrected chi connectivity index (χ4v) is 4.49. The largest absolute Gasteiger partial charge is 0.207 e. The van der Waals surface area contributed by atoms with Gasteiger partial charge in [-0.2, -0.15) is 0 Å². The maximum atomic E-state index is 14.6. The van der Waals surface area contributed by atoms with E-state index in [-0.39, 0.29) is 17.7 Å². The van der Waals surface area contributed by atoms with Crippen LogP contribution >= 0.6 is 0 Å². The Hall–Kier alpha value is -2.73. The average Bonchev–Trinajstić information content (AvgIpc) is 2.77. The Morgan fingerprint density at radius 3 is 2.26 bits per heavy atom. The summed E-state index contributed by atoms with van der Waals surface area (Å²) in [6.45, 7) is 2.15. The Labute approximate surface area is 182 Å². The molecule has 1 aliphatic rings. The van der Waals surface area contributed by atoms with E-state index in [0.29, 0.717) is 10.8 Å². The number of aryl methyl sites for hydroxylation is 1. The summed E-state index contributed by atoms with van der Waals surface area (Å²) in [5.41, 5.74) is 2.73. The molecule has 31 heavy (non-hydrogen) atoms. The monoisotopic (exact) mass is 420 g/mol. The van der Waals surface area contributed by atoms with Crippen molar-refractivity contribution in [1.29, 1.82) is 0 Å². The highest BCUT2D eigenvalue weighted by Crippen LogP contribution is 2.37. The van der Waals surface area contributed by atoms with Gasteiger partial charge in [0.15, 0.2) is 11.6 Å². The summed E-state index contributed by atoms with van der Waals surface area (Å²) in [5, 5.41) is 1.31. The molecule has 0 nitrogen and oxygen atoms in total. The van der Waals surface area contributed by atoms with Gasteiger partial charge in [-0.25, -0.2) is 13.2 Å². The van der Waals surface area contributed by atoms with Gasteiger partial charge in [-0.05, 0) is 96.7 Å². The van der Waals surface area contributed by atoms with Gasteiger partial charge in [0.25, 0.3) is 0 Å². The molecule has 3 aromatic carbocycles. The number of hydrogen-bond acceptors (Lipinski definition) is 0. The lowest BCUT2D eigenvalue weighted by Gasteiger charge is -2.26. The first kappa shape index (κ1) is 21.5. The normalized spacial score (nSPS) is 18.6. The van der Waals surface area contributed by atoms with Crippen molar-refractivity contribution < 1.29 is 13.2 Å². The van der Waals surface area contributed by atoms with E-state index in [1.807, 2.05) is 12.1 Å². The predicted octanol–water partition coefficient (Wildman–Crippen LogP) is 7.93. The molecule has 3 heteroatoms. The van der Waals surface area contributed by atoms with Crippen molar-refractivity contribution in [2.45, 2.75) is 57.8 Å². The van der Waals surface area contributed by atoms with Crippen LogP contribution in [0.15, 0.2) is 48.5 Å². The standard InChI is InChI=1S/C28H27F3/c1-2-3-4-20-10-14-25(26(29)16-20)22-11-7-19(8-12-22)5-6-21-9-13-23-17-27(30)28(31)18-24(23)15-21/h9-10,13-19,22H,2-4,7-8,11-12H2,1H3. The summed E-state index contributed by atoms with van der Waals surface area (Å²) in [4.78, 5) is 0. The highest BCUT2D eigenvalue weighted by Gasteiger charge is 2.23. The molecule has 0 unspecified atom stereocenters. The number of benzene rings is 3. The highest BCUT2D eigenvalue weighted by atomic mass is 19.2. The molecule has 3 aromatic rings. The van der Waals surface area contributed by atoms with Gasteiger partial charge in [0.2, 0.25) is 0 Å². The number of unbranched alkanes of at least 4 members (excludes halogenated alkanes) is 1. The Bertz CT molecular complexity index is 1130. The molecule has 0 amide bonds. The summed E-state index contributed by atoms with van der Waals surface area (Å²) in [6.07, 6.45) is 6.91. The Morgan fingerprint density at radius 1 is 0.806 bits per heavy atom. The lowest BCUT2D eigenvalue weighted by atomic mass is 9.78. The van der Waals surface area contributed by atoms with Crippen molar-refractivity contribution in [2.24, 2.45) is 5.92 Å². The highest BCUT2D eigenvalue weighted by molar-refractivity contribution is 5.84. The number of fused-ring (bicyclic) bond motifs is 1. The molecule has 1 aliphatic carbocycles. The molecule has 0 aromatic heterocycles. The SMILES string of the molecule is CCCCc1ccc(C2CCC(C#Cc3ccc4cc(F)c(F)cc4c3)CC2)c(F)c1. The van der Waals surface area contributed by atoms with Crippen LogP contribution in [0.2, 0.25) is 0 Å². The minimum atomic E-state index is -0.846. The van der Waals surface area contributed by atoms with Crippen LogP contribution in [0.1, 0.15) is 68.1 Å². The van der Waals surface area contributed by atoms with E-state index in [2.05, 4.69) is 24.8 Å². The third-order valence-corrected chi connectivity index (χ3v) is 6.35. The second-order valence-electron chi connectivity index (χ2n) is 8.61. The molecule has 0 atom stereocenters. The van der Waals surface area contributed by atoms with E-state index in [0.717, 1.165) is 61.6 Å². The molecule has 1 fully saturated rings. The summed E-state index contributed by atoms with van der Waals surface area (Å²) < 4.78 is 41.5. The van der Waals surface area contributed by atoms with E-state index < -0.39 is 11.6 Å². The molecule has 0 spiro atoms. The molecule has 0 radical (unpaired) electrons. The molecule has 0 bridgehead atoms. The fraction of sp³-hybridized carbons (Fsp3) is 0.357. The van der Waals surface area contributed by atoms with Gasteiger partial charge < -0.3 is 0 Å². The predicted molar refractivity (Wildman–Crippen MR) is 120 cm³/mol. The van der Waals surface area contributed by atoms with Crippen LogP contribution in [0, 0.1) is 35.2 Å². The van der Waals surface area contributed by atoms with E-state index in [4.69, 9.17) is 0 Å². The molecular weight excluding hydrogens is 393 g/mol. The Morgan fingerprint density at radius 2 is 1.55 bits per heavy atom. The van der Waals surface area contributed by atoms with E-state index >= 15 is 0 Å². The molecule has 0 aliphatic heterocycles. The maximum Gasteiger partial charge on any atom is 0.159 e. The quantitative estimate of drug-likeness (QED) is 0.376. The molecular formula is C28H27F3. The van der Waals surface area contributed by atoms with Gasteiger partial charge in [0.05, 0.1) is 0 Å². The zero-order valence-corrected chi connectivity index (χ0v) is 17.9. The van der Waals surface area contributed by atoms with E-state index in [1.165, 1.54) is 12.1 Å². The molecule has 4 rings (SSSR count). The minimum Gasteiger partial charge on any atom is -0.207 e. The first-order valence-electron chi connectivity index (χ1n) is 11.2. The van der Waals surface area contributed by atoms with Gasteiger partial charge in [-0.3, -0.25) is 0 Å². The van der Waals surface area contributed by atoms with Crippen LogP contribution in [-0.4, -0.2) is 0 Å². The Balaban J connectivity index is 1.39. The molecule has 0 saturated heterocycles. The van der Waals surface area contributed by atoms with E-state index in [9.17, 15) is 13.2 Å². The summed E-state index contributed by atoms with van der Waals surface area (Å²) in [6, 6.07) is 13.6. The van der Waals surface area contributed by atoms with Crippen LogP contribution < -0.4 is 0 Å². The lowest BCUT2D eigenvalue weighted by Crippen LogP contribution is -2.13. The third-order valence-electron chi connectivity index (χ3n) is 6.35. The minimum absolute atomic E-state index is 0.0667. The van der Waals surface area contributed by atoms with Crippen molar-refractivity contribution in [1.82, 2.24) is 0 Å². The topological polar surface area (TPSA) is 0 Å². The van der Waals surface area contributed by atoms with Gasteiger partial charge in [-0.1, -0.05) is 43.4 Å². The third kappa shape index (κ3) is 5.13.